The minimum Gasteiger partial charge on any atom is -0.485 e. The van der Waals surface area contributed by atoms with Crippen molar-refractivity contribution in [1.29, 1.82) is 0 Å². The van der Waals surface area contributed by atoms with Gasteiger partial charge in [-0.2, -0.15) is 4.39 Å². The summed E-state index contributed by atoms with van der Waals surface area (Å²) in [5, 5.41) is 2.77. The number of amides is 1. The van der Waals surface area contributed by atoms with E-state index >= 15 is 4.39 Å². The van der Waals surface area contributed by atoms with Crippen LogP contribution in [-0.4, -0.2) is 45.7 Å². The van der Waals surface area contributed by atoms with Crippen LogP contribution in [0.5, 0.6) is 11.6 Å². The lowest BCUT2D eigenvalue weighted by atomic mass is 9.62. The highest BCUT2D eigenvalue weighted by Crippen LogP contribution is 2.58. The molecule has 3 fully saturated rings. The van der Waals surface area contributed by atoms with E-state index in [9.17, 15) is 4.79 Å². The summed E-state index contributed by atoms with van der Waals surface area (Å²) in [5.74, 6) is -0.955. The van der Waals surface area contributed by atoms with Crippen LogP contribution in [0.25, 0.3) is 5.65 Å². The first kappa shape index (κ1) is 21.6. The zero-order valence-electron chi connectivity index (χ0n) is 19.1. The van der Waals surface area contributed by atoms with Gasteiger partial charge in [0.2, 0.25) is 11.7 Å². The highest BCUT2D eigenvalue weighted by atomic mass is 19.1. The quantitative estimate of drug-likeness (QED) is 0.578. The largest absolute Gasteiger partial charge is 0.485 e. The first-order valence-corrected chi connectivity index (χ1v) is 11.1. The van der Waals surface area contributed by atoms with Crippen molar-refractivity contribution in [3.05, 3.63) is 47.8 Å². The van der Waals surface area contributed by atoms with Gasteiger partial charge in [0.05, 0.1) is 31.1 Å². The van der Waals surface area contributed by atoms with E-state index in [0.717, 1.165) is 18.5 Å². The van der Waals surface area contributed by atoms with Gasteiger partial charge < -0.3 is 23.9 Å². The van der Waals surface area contributed by atoms with Gasteiger partial charge in [-0.15, -0.1) is 0 Å². The molecule has 3 aromatic rings. The predicted octanol–water partition coefficient (Wildman–Crippen LogP) is 4.13. The number of nitrogens with zero attached hydrogens (tertiary/aromatic N) is 3. The average molecular weight is 455 g/mol. The molecule has 1 unspecified atom stereocenters. The monoisotopic (exact) mass is 454 g/mol. The van der Waals surface area contributed by atoms with Gasteiger partial charge in [-0.05, 0) is 45.2 Å². The summed E-state index contributed by atoms with van der Waals surface area (Å²) in [6.45, 7) is 6.46. The summed E-state index contributed by atoms with van der Waals surface area (Å²) in [5.41, 5.74) is 1.10. The van der Waals surface area contributed by atoms with Gasteiger partial charge in [-0.1, -0.05) is 6.92 Å². The van der Waals surface area contributed by atoms with Crippen molar-refractivity contribution >= 4 is 17.2 Å². The van der Waals surface area contributed by atoms with E-state index < -0.39 is 11.7 Å². The molecule has 33 heavy (non-hydrogen) atoms. The molecule has 1 N–H and O–H groups in total. The normalized spacial score (nSPS) is 24.4. The molecule has 3 aliphatic rings. The smallest absolute Gasteiger partial charge is 0.261 e. The Hall–Kier alpha value is -3.20. The van der Waals surface area contributed by atoms with Crippen molar-refractivity contribution in [2.75, 3.05) is 19.0 Å². The van der Waals surface area contributed by atoms with E-state index in [-0.39, 0.29) is 45.6 Å². The van der Waals surface area contributed by atoms with E-state index in [1.807, 2.05) is 20.0 Å². The number of carbonyl (C=O) groups is 1. The van der Waals surface area contributed by atoms with Gasteiger partial charge in [0, 0.05) is 24.0 Å². The van der Waals surface area contributed by atoms with Gasteiger partial charge in [-0.25, -0.2) is 9.97 Å². The maximum atomic E-state index is 15.7. The Kier molecular flexibility index (Phi) is 5.04. The zero-order chi connectivity index (χ0) is 23.4. The summed E-state index contributed by atoms with van der Waals surface area (Å²) in [7, 11) is 1.44. The van der Waals surface area contributed by atoms with E-state index in [4.69, 9.17) is 14.2 Å². The van der Waals surface area contributed by atoms with E-state index in [1.165, 1.54) is 13.3 Å². The van der Waals surface area contributed by atoms with E-state index in [2.05, 4.69) is 22.2 Å². The third-order valence-corrected chi connectivity index (χ3v) is 6.66. The summed E-state index contributed by atoms with van der Waals surface area (Å²) in [4.78, 5) is 21.7. The van der Waals surface area contributed by atoms with Crippen LogP contribution in [0.2, 0.25) is 0 Å². The number of imidazole rings is 1. The fourth-order valence-corrected chi connectivity index (χ4v) is 4.88. The fourth-order valence-electron chi connectivity index (χ4n) is 4.88. The first-order chi connectivity index (χ1) is 15.8. The molecule has 0 radical (unpaired) electrons. The van der Waals surface area contributed by atoms with Crippen LogP contribution in [-0.2, 0) is 10.2 Å². The molecule has 2 bridgehead atoms. The maximum absolute atomic E-state index is 15.7. The standard InChI is InChI=1S/C24H27FN4O4/c1-5-14(2)33-19-16(27-21(30)15-7-6-8-26-22(15)31-4)9-29-10-17(28-20(29)18(19)25)24-11-23(3,12-24)32-13-24/h6-10,14H,5,11-13H2,1-4H3,(H,27,30). The van der Waals surface area contributed by atoms with Crippen LogP contribution >= 0.6 is 0 Å². The van der Waals surface area contributed by atoms with Crippen molar-refractivity contribution in [2.45, 2.75) is 57.2 Å². The Morgan fingerprint density at radius 2 is 2.18 bits per heavy atom. The molecule has 9 heteroatoms. The molecule has 0 aromatic carbocycles. The Morgan fingerprint density at radius 1 is 1.39 bits per heavy atom. The third-order valence-electron chi connectivity index (χ3n) is 6.66. The zero-order valence-corrected chi connectivity index (χ0v) is 19.1. The molecule has 1 amide bonds. The lowest BCUT2D eigenvalue weighted by Gasteiger charge is -2.41. The van der Waals surface area contributed by atoms with Crippen molar-refractivity contribution in [3.63, 3.8) is 0 Å². The molecular weight excluding hydrogens is 427 g/mol. The number of halogens is 1. The van der Waals surface area contributed by atoms with Crippen molar-refractivity contribution in [1.82, 2.24) is 14.4 Å². The molecule has 1 saturated carbocycles. The number of fused-ring (bicyclic) bond motifs is 2. The van der Waals surface area contributed by atoms with Crippen LogP contribution in [0.1, 0.15) is 56.1 Å². The van der Waals surface area contributed by atoms with Crippen molar-refractivity contribution in [3.8, 4) is 11.6 Å². The van der Waals surface area contributed by atoms with Crippen LogP contribution in [0, 0.1) is 5.82 Å². The second-order valence-electron chi connectivity index (χ2n) is 9.27. The van der Waals surface area contributed by atoms with Crippen LogP contribution in [0.3, 0.4) is 0 Å². The molecule has 1 aliphatic carbocycles. The van der Waals surface area contributed by atoms with Crippen molar-refractivity contribution in [2.24, 2.45) is 0 Å². The molecule has 2 saturated heterocycles. The lowest BCUT2D eigenvalue weighted by Crippen LogP contribution is -2.45. The molecule has 8 nitrogen and oxygen atoms in total. The number of ether oxygens (including phenoxy) is 3. The average Bonchev–Trinajstić information content (AvgIpc) is 3.47. The molecule has 3 aromatic heterocycles. The minimum atomic E-state index is -0.616. The van der Waals surface area contributed by atoms with Gasteiger partial charge in [-0.3, -0.25) is 4.79 Å². The number of carbonyl (C=O) groups excluding carboxylic acids is 1. The number of hydrogen-bond acceptors (Lipinski definition) is 6. The van der Waals surface area contributed by atoms with Gasteiger partial charge in [0.15, 0.2) is 11.4 Å². The Balaban J connectivity index is 1.56. The lowest BCUT2D eigenvalue weighted by molar-refractivity contribution is 0.0154. The highest BCUT2D eigenvalue weighted by molar-refractivity contribution is 6.06. The summed E-state index contributed by atoms with van der Waals surface area (Å²) in [6, 6.07) is 3.22. The molecule has 6 rings (SSSR count). The number of rotatable bonds is 7. The van der Waals surface area contributed by atoms with Crippen LogP contribution in [0.15, 0.2) is 30.7 Å². The third kappa shape index (κ3) is 3.51. The number of aromatic nitrogens is 3. The number of hydrogen-bond donors (Lipinski definition) is 1. The number of anilines is 1. The number of methoxy groups -OCH3 is 1. The predicted molar refractivity (Wildman–Crippen MR) is 120 cm³/mol. The van der Waals surface area contributed by atoms with Gasteiger partial charge >= 0.3 is 0 Å². The molecule has 2 aliphatic heterocycles. The number of nitrogens with one attached hydrogen (secondary N) is 1. The molecule has 1 atom stereocenters. The Labute approximate surface area is 191 Å². The van der Waals surface area contributed by atoms with E-state index in [0.29, 0.717) is 13.0 Å². The fraction of sp³-hybridized carbons (Fsp3) is 0.458. The first-order valence-electron chi connectivity index (χ1n) is 11.1. The summed E-state index contributed by atoms with van der Waals surface area (Å²) in [6.07, 6.45) is 7.14. The summed E-state index contributed by atoms with van der Waals surface area (Å²) >= 11 is 0. The molecule has 174 valence electrons. The molecule has 0 spiro atoms. The Bertz CT molecular complexity index is 1230. The van der Waals surface area contributed by atoms with Crippen molar-refractivity contribution < 1.29 is 23.4 Å². The molecular formula is C24H27FN4O4. The Morgan fingerprint density at radius 3 is 2.85 bits per heavy atom. The molecule has 5 heterocycles. The number of pyridine rings is 2. The van der Waals surface area contributed by atoms with Gasteiger partial charge in [0.25, 0.3) is 5.91 Å². The van der Waals surface area contributed by atoms with Crippen LogP contribution < -0.4 is 14.8 Å². The second-order valence-corrected chi connectivity index (χ2v) is 9.27. The topological polar surface area (TPSA) is 87.0 Å². The van der Waals surface area contributed by atoms with Crippen LogP contribution in [0.4, 0.5) is 10.1 Å². The SMILES string of the molecule is CCC(C)Oc1c(NC(=O)c2cccnc2OC)cn2cc(C34COC(C)(C3)C4)nc2c1F. The maximum Gasteiger partial charge on any atom is 0.261 e. The van der Waals surface area contributed by atoms with E-state index in [1.54, 1.807) is 22.7 Å². The highest BCUT2D eigenvalue weighted by Gasteiger charge is 2.61. The van der Waals surface area contributed by atoms with Gasteiger partial charge in [0.1, 0.15) is 11.3 Å². The summed E-state index contributed by atoms with van der Waals surface area (Å²) < 4.78 is 34.3. The second kappa shape index (κ2) is 7.69. The minimum absolute atomic E-state index is 0.0381.